The van der Waals surface area contributed by atoms with Gasteiger partial charge in [-0.2, -0.15) is 0 Å². The first-order valence-corrected chi connectivity index (χ1v) is 11.4. The van der Waals surface area contributed by atoms with Gasteiger partial charge in [-0.1, -0.05) is 91.0 Å². The van der Waals surface area contributed by atoms with E-state index in [1.807, 2.05) is 60.9 Å². The van der Waals surface area contributed by atoms with Gasteiger partial charge in [-0.15, -0.1) is 0 Å². The minimum absolute atomic E-state index is 0.0472. The fourth-order valence-electron chi connectivity index (χ4n) is 4.99. The van der Waals surface area contributed by atoms with E-state index >= 15 is 0 Å². The van der Waals surface area contributed by atoms with Crippen LogP contribution in [0.4, 0.5) is 0 Å². The van der Waals surface area contributed by atoms with Gasteiger partial charge in [0.05, 0.1) is 11.9 Å². The number of aliphatic imine (C=N–C) groups is 1. The fourth-order valence-corrected chi connectivity index (χ4v) is 4.99. The van der Waals surface area contributed by atoms with Gasteiger partial charge in [-0.3, -0.25) is 9.79 Å². The van der Waals surface area contributed by atoms with Crippen LogP contribution < -0.4 is 0 Å². The van der Waals surface area contributed by atoms with E-state index in [1.54, 1.807) is 0 Å². The standard InChI is InChI=1S/C28H30N2O3/c31-20-10-18-27(19-17-26(32)33)21-30(22-29-27)28(23-11-4-1-5-12-23,24-13-6-2-7-14-24)25-15-8-3-9-16-25/h1-9,11-16,22,31H,10,17-21H2,(H,32,33). The summed E-state index contributed by atoms with van der Waals surface area (Å²) in [5.41, 5.74) is 2.17. The number of aliphatic hydroxyl groups excluding tert-OH is 1. The van der Waals surface area contributed by atoms with Gasteiger partial charge in [0.15, 0.2) is 0 Å². The monoisotopic (exact) mass is 442 g/mol. The minimum Gasteiger partial charge on any atom is -0.481 e. The number of aliphatic hydroxyl groups is 1. The molecule has 3 aromatic carbocycles. The Labute approximate surface area is 195 Å². The highest BCUT2D eigenvalue weighted by Crippen LogP contribution is 2.45. The predicted molar refractivity (Wildman–Crippen MR) is 130 cm³/mol. The maximum absolute atomic E-state index is 11.4. The molecule has 1 atom stereocenters. The van der Waals surface area contributed by atoms with Crippen molar-refractivity contribution in [3.63, 3.8) is 0 Å². The molecule has 5 heteroatoms. The number of aliphatic carboxylic acids is 1. The van der Waals surface area contributed by atoms with Crippen LogP contribution in [0.25, 0.3) is 0 Å². The lowest BCUT2D eigenvalue weighted by Gasteiger charge is -2.44. The molecule has 2 N–H and O–H groups in total. The highest BCUT2D eigenvalue weighted by Gasteiger charge is 2.47. The lowest BCUT2D eigenvalue weighted by atomic mass is 9.75. The van der Waals surface area contributed by atoms with E-state index in [0.29, 0.717) is 25.8 Å². The summed E-state index contributed by atoms with van der Waals surface area (Å²) in [5, 5.41) is 18.9. The molecule has 0 spiro atoms. The van der Waals surface area contributed by atoms with E-state index in [0.717, 1.165) is 16.7 Å². The SMILES string of the molecule is O=C(O)CCC1(CCCO)CN(C(c2ccccc2)(c2ccccc2)c2ccccc2)C=N1. The average molecular weight is 443 g/mol. The van der Waals surface area contributed by atoms with E-state index in [4.69, 9.17) is 4.99 Å². The van der Waals surface area contributed by atoms with Gasteiger partial charge in [0.25, 0.3) is 0 Å². The fraction of sp³-hybridized carbons (Fsp3) is 0.286. The van der Waals surface area contributed by atoms with Crippen LogP contribution in [-0.4, -0.2) is 46.1 Å². The van der Waals surface area contributed by atoms with Crippen LogP contribution in [0, 0.1) is 0 Å². The zero-order valence-corrected chi connectivity index (χ0v) is 18.7. The number of carboxylic acids is 1. The van der Waals surface area contributed by atoms with Crippen molar-refractivity contribution >= 4 is 12.3 Å². The molecule has 3 aromatic rings. The van der Waals surface area contributed by atoms with Crippen LogP contribution in [0.3, 0.4) is 0 Å². The Balaban J connectivity index is 1.87. The van der Waals surface area contributed by atoms with Crippen LogP contribution in [-0.2, 0) is 10.3 Å². The molecule has 0 fully saturated rings. The van der Waals surface area contributed by atoms with Crippen LogP contribution in [0.5, 0.6) is 0 Å². The minimum atomic E-state index is -0.826. The molecular formula is C28H30N2O3. The number of hydrogen-bond acceptors (Lipinski definition) is 4. The van der Waals surface area contributed by atoms with Gasteiger partial charge in [0.2, 0.25) is 0 Å². The molecule has 1 aliphatic heterocycles. The largest absolute Gasteiger partial charge is 0.481 e. The Bertz CT molecular complexity index is 973. The molecule has 5 nitrogen and oxygen atoms in total. The van der Waals surface area contributed by atoms with Crippen molar-refractivity contribution in [3.8, 4) is 0 Å². The van der Waals surface area contributed by atoms with Crippen LogP contribution in [0.1, 0.15) is 42.4 Å². The Kier molecular flexibility index (Phi) is 6.90. The van der Waals surface area contributed by atoms with Crippen molar-refractivity contribution in [1.82, 2.24) is 4.90 Å². The highest BCUT2D eigenvalue weighted by atomic mass is 16.4. The van der Waals surface area contributed by atoms with E-state index in [1.165, 1.54) is 0 Å². The number of rotatable bonds is 10. The van der Waals surface area contributed by atoms with Crippen LogP contribution >= 0.6 is 0 Å². The average Bonchev–Trinajstić information content (AvgIpc) is 3.29. The number of benzene rings is 3. The molecule has 0 bridgehead atoms. The third kappa shape index (κ3) is 4.55. The Morgan fingerprint density at radius 3 is 1.76 bits per heavy atom. The van der Waals surface area contributed by atoms with Gasteiger partial charge >= 0.3 is 5.97 Å². The summed E-state index contributed by atoms with van der Waals surface area (Å²) in [6.45, 7) is 0.629. The second kappa shape index (κ2) is 10.0. The molecule has 0 saturated heterocycles. The first-order chi connectivity index (χ1) is 16.1. The molecular weight excluding hydrogens is 412 g/mol. The van der Waals surface area contributed by atoms with E-state index < -0.39 is 17.0 Å². The van der Waals surface area contributed by atoms with Crippen molar-refractivity contribution < 1.29 is 15.0 Å². The number of hydrogen-bond donors (Lipinski definition) is 2. The number of carbonyl (C=O) groups is 1. The van der Waals surface area contributed by atoms with Gasteiger partial charge in [-0.25, -0.2) is 0 Å². The summed E-state index contributed by atoms with van der Waals surface area (Å²) < 4.78 is 0. The topological polar surface area (TPSA) is 73.1 Å². The van der Waals surface area contributed by atoms with Gasteiger partial charge in [-0.05, 0) is 36.0 Å². The van der Waals surface area contributed by atoms with Crippen LogP contribution in [0.15, 0.2) is 96.0 Å². The second-order valence-corrected chi connectivity index (χ2v) is 8.63. The van der Waals surface area contributed by atoms with Crippen molar-refractivity contribution in [2.75, 3.05) is 13.2 Å². The van der Waals surface area contributed by atoms with Crippen LogP contribution in [0.2, 0.25) is 0 Å². The maximum Gasteiger partial charge on any atom is 0.303 e. The summed E-state index contributed by atoms with van der Waals surface area (Å²) >= 11 is 0. The molecule has 1 unspecified atom stereocenters. The molecule has 1 heterocycles. The Hall–Kier alpha value is -3.44. The predicted octanol–water partition coefficient (Wildman–Crippen LogP) is 4.70. The quantitative estimate of drug-likeness (QED) is 0.447. The molecule has 0 amide bonds. The van der Waals surface area contributed by atoms with E-state index in [-0.39, 0.29) is 13.0 Å². The molecule has 4 rings (SSSR count). The lowest BCUT2D eigenvalue weighted by Crippen LogP contribution is -2.49. The summed E-state index contributed by atoms with van der Waals surface area (Å²) in [5.74, 6) is -0.826. The third-order valence-electron chi connectivity index (χ3n) is 6.55. The smallest absolute Gasteiger partial charge is 0.303 e. The molecule has 1 aliphatic rings. The zero-order valence-electron chi connectivity index (χ0n) is 18.7. The highest BCUT2D eigenvalue weighted by molar-refractivity contribution is 5.68. The van der Waals surface area contributed by atoms with Gasteiger partial charge < -0.3 is 15.1 Å². The molecule has 0 aliphatic carbocycles. The number of nitrogens with zero attached hydrogens (tertiary/aromatic N) is 2. The third-order valence-corrected chi connectivity index (χ3v) is 6.55. The number of carboxylic acid groups (broad SMARTS) is 1. The van der Waals surface area contributed by atoms with Crippen molar-refractivity contribution in [1.29, 1.82) is 0 Å². The van der Waals surface area contributed by atoms with Gasteiger partial charge in [0, 0.05) is 19.6 Å². The summed E-state index contributed by atoms with van der Waals surface area (Å²) in [6, 6.07) is 31.2. The molecule has 170 valence electrons. The summed E-state index contributed by atoms with van der Waals surface area (Å²) in [7, 11) is 0. The summed E-state index contributed by atoms with van der Waals surface area (Å²) in [4.78, 5) is 18.6. The van der Waals surface area contributed by atoms with Crippen molar-refractivity contribution in [2.24, 2.45) is 4.99 Å². The maximum atomic E-state index is 11.4. The van der Waals surface area contributed by atoms with E-state index in [2.05, 4.69) is 41.3 Å². The lowest BCUT2D eigenvalue weighted by molar-refractivity contribution is -0.137. The van der Waals surface area contributed by atoms with Crippen molar-refractivity contribution in [2.45, 2.75) is 36.8 Å². The Morgan fingerprint density at radius 1 is 0.848 bits per heavy atom. The first kappa shape index (κ1) is 22.7. The zero-order chi connectivity index (χ0) is 23.2. The van der Waals surface area contributed by atoms with Gasteiger partial charge in [0.1, 0.15) is 5.54 Å². The molecule has 33 heavy (non-hydrogen) atoms. The Morgan fingerprint density at radius 2 is 1.33 bits per heavy atom. The summed E-state index contributed by atoms with van der Waals surface area (Å²) in [6.07, 6.45) is 3.60. The molecule has 0 radical (unpaired) electrons. The molecule has 0 aromatic heterocycles. The second-order valence-electron chi connectivity index (χ2n) is 8.63. The first-order valence-electron chi connectivity index (χ1n) is 11.4. The molecule has 0 saturated carbocycles. The van der Waals surface area contributed by atoms with Crippen molar-refractivity contribution in [3.05, 3.63) is 108 Å². The normalized spacial score (nSPS) is 17.9. The van der Waals surface area contributed by atoms with E-state index in [9.17, 15) is 15.0 Å².